The number of rotatable bonds is 3. The molecule has 0 heterocycles. The molecule has 0 saturated heterocycles. The van der Waals surface area contributed by atoms with Crippen LogP contribution in [0.5, 0.6) is 0 Å². The number of aliphatic hydroxyl groups is 1. The van der Waals surface area contributed by atoms with Crippen molar-refractivity contribution in [3.05, 3.63) is 35.9 Å². The molecule has 0 amide bonds. The quantitative estimate of drug-likeness (QED) is 0.802. The Morgan fingerprint density at radius 3 is 2.13 bits per heavy atom. The van der Waals surface area contributed by atoms with E-state index in [1.165, 1.54) is 12.0 Å². The Labute approximate surface area is 92.1 Å². The van der Waals surface area contributed by atoms with Crippen LogP contribution in [-0.2, 0) is 5.41 Å². The number of hydrogen-bond donors (Lipinski definition) is 1. The summed E-state index contributed by atoms with van der Waals surface area (Å²) in [5.74, 6) is 0.338. The summed E-state index contributed by atoms with van der Waals surface area (Å²) in [6.45, 7) is 4.21. The average molecular weight is 204 g/mol. The summed E-state index contributed by atoms with van der Waals surface area (Å²) in [5, 5.41) is 10.4. The molecule has 0 bridgehead atoms. The summed E-state index contributed by atoms with van der Waals surface area (Å²) in [5.41, 5.74) is 1.37. The molecule has 0 aliphatic heterocycles. The van der Waals surface area contributed by atoms with Gasteiger partial charge in [-0.05, 0) is 24.3 Å². The Hall–Kier alpha value is -0.820. The van der Waals surface area contributed by atoms with Crippen LogP contribution in [0, 0.1) is 5.92 Å². The van der Waals surface area contributed by atoms with Crippen LogP contribution in [0.15, 0.2) is 30.3 Å². The summed E-state index contributed by atoms with van der Waals surface area (Å²) < 4.78 is 0. The molecule has 1 heteroatoms. The molecule has 1 N–H and O–H groups in total. The van der Waals surface area contributed by atoms with Gasteiger partial charge in [-0.2, -0.15) is 0 Å². The molecule has 0 radical (unpaired) electrons. The van der Waals surface area contributed by atoms with Crippen LogP contribution in [0.4, 0.5) is 0 Å². The molecule has 1 aromatic rings. The van der Waals surface area contributed by atoms with Gasteiger partial charge in [-0.1, -0.05) is 50.6 Å². The molecule has 82 valence electrons. The van der Waals surface area contributed by atoms with Gasteiger partial charge in [0.2, 0.25) is 0 Å². The van der Waals surface area contributed by atoms with Gasteiger partial charge in [0.1, 0.15) is 0 Å². The van der Waals surface area contributed by atoms with E-state index in [0.717, 1.165) is 12.8 Å². The van der Waals surface area contributed by atoms with Gasteiger partial charge in [0.15, 0.2) is 0 Å². The van der Waals surface area contributed by atoms with E-state index in [1.54, 1.807) is 0 Å². The summed E-state index contributed by atoms with van der Waals surface area (Å²) in [7, 11) is 0. The van der Waals surface area contributed by atoms with E-state index in [1.807, 2.05) is 6.07 Å². The second kappa shape index (κ2) is 3.97. The minimum Gasteiger partial charge on any atom is -0.392 e. The van der Waals surface area contributed by atoms with Crippen LogP contribution in [0.1, 0.15) is 38.7 Å². The van der Waals surface area contributed by atoms with Crippen molar-refractivity contribution in [3.63, 3.8) is 0 Å². The number of hydrogen-bond acceptors (Lipinski definition) is 1. The smallest absolute Gasteiger partial charge is 0.0659 e. The molecule has 1 unspecified atom stereocenters. The van der Waals surface area contributed by atoms with Gasteiger partial charge in [-0.3, -0.25) is 0 Å². The summed E-state index contributed by atoms with van der Waals surface area (Å²) in [6.07, 6.45) is 3.32. The minimum absolute atomic E-state index is 0.0510. The lowest BCUT2D eigenvalue weighted by Gasteiger charge is -2.47. The fraction of sp³-hybridized carbons (Fsp3) is 0.571. The van der Waals surface area contributed by atoms with Gasteiger partial charge in [0, 0.05) is 5.41 Å². The van der Waals surface area contributed by atoms with Crippen LogP contribution in [0.3, 0.4) is 0 Å². The van der Waals surface area contributed by atoms with Gasteiger partial charge in [-0.15, -0.1) is 0 Å². The second-order valence-electron chi connectivity index (χ2n) is 5.06. The van der Waals surface area contributed by atoms with Crippen molar-refractivity contribution in [2.24, 2.45) is 5.92 Å². The largest absolute Gasteiger partial charge is 0.392 e. The van der Waals surface area contributed by atoms with Gasteiger partial charge in [-0.25, -0.2) is 0 Å². The maximum Gasteiger partial charge on any atom is 0.0659 e. The van der Waals surface area contributed by atoms with Gasteiger partial charge < -0.3 is 5.11 Å². The second-order valence-corrected chi connectivity index (χ2v) is 5.06. The molecular weight excluding hydrogens is 184 g/mol. The molecule has 1 fully saturated rings. The lowest BCUT2D eigenvalue weighted by Crippen LogP contribution is -2.48. The molecule has 0 aromatic heterocycles. The van der Waals surface area contributed by atoms with Crippen molar-refractivity contribution < 1.29 is 5.11 Å². The van der Waals surface area contributed by atoms with Crippen LogP contribution in [0.2, 0.25) is 0 Å². The molecule has 1 aromatic carbocycles. The zero-order valence-electron chi connectivity index (χ0n) is 9.61. The summed E-state index contributed by atoms with van der Waals surface area (Å²) >= 11 is 0. The summed E-state index contributed by atoms with van der Waals surface area (Å²) in [4.78, 5) is 0. The average Bonchev–Trinajstić information content (AvgIpc) is 2.17. The molecule has 15 heavy (non-hydrogen) atoms. The Balaban J connectivity index is 2.30. The predicted octanol–water partition coefficient (Wildman–Crippen LogP) is 3.13. The maximum atomic E-state index is 10.4. The Kier molecular flexibility index (Phi) is 2.83. The highest BCUT2D eigenvalue weighted by atomic mass is 16.3. The lowest BCUT2D eigenvalue weighted by molar-refractivity contribution is -0.00374. The van der Waals surface area contributed by atoms with Gasteiger partial charge >= 0.3 is 0 Å². The molecular formula is C14H20O. The first-order valence-corrected chi connectivity index (χ1v) is 5.90. The molecule has 1 atom stereocenters. The molecule has 1 aliphatic carbocycles. The third-order valence-electron chi connectivity index (χ3n) is 3.79. The van der Waals surface area contributed by atoms with Gasteiger partial charge in [0.25, 0.3) is 0 Å². The lowest BCUT2D eigenvalue weighted by atomic mass is 9.59. The Morgan fingerprint density at radius 2 is 1.73 bits per heavy atom. The van der Waals surface area contributed by atoms with Gasteiger partial charge in [0.05, 0.1) is 6.10 Å². The molecule has 2 rings (SSSR count). The highest BCUT2D eigenvalue weighted by Gasteiger charge is 2.45. The first kappa shape index (κ1) is 10.7. The highest BCUT2D eigenvalue weighted by Crippen LogP contribution is 2.48. The Morgan fingerprint density at radius 1 is 1.13 bits per heavy atom. The zero-order chi connectivity index (χ0) is 10.9. The number of benzene rings is 1. The minimum atomic E-state index is -0.200. The van der Waals surface area contributed by atoms with Crippen molar-refractivity contribution in [1.29, 1.82) is 0 Å². The number of aliphatic hydroxyl groups excluding tert-OH is 1. The maximum absolute atomic E-state index is 10.4. The van der Waals surface area contributed by atoms with E-state index in [-0.39, 0.29) is 11.5 Å². The monoisotopic (exact) mass is 204 g/mol. The third-order valence-corrected chi connectivity index (χ3v) is 3.79. The normalized spacial score (nSPS) is 21.1. The molecule has 1 saturated carbocycles. The van der Waals surface area contributed by atoms with E-state index in [0.29, 0.717) is 5.92 Å². The van der Waals surface area contributed by atoms with Crippen LogP contribution < -0.4 is 0 Å². The van der Waals surface area contributed by atoms with E-state index >= 15 is 0 Å². The standard InChI is InChI=1S/C14H20O/c1-11(2)13(15)14(9-6-10-14)12-7-4-3-5-8-12/h3-5,7-8,11,13,15H,6,9-10H2,1-2H3. The first-order valence-electron chi connectivity index (χ1n) is 5.90. The fourth-order valence-corrected chi connectivity index (χ4v) is 2.72. The van der Waals surface area contributed by atoms with Crippen LogP contribution >= 0.6 is 0 Å². The molecule has 1 nitrogen and oxygen atoms in total. The van der Waals surface area contributed by atoms with Crippen molar-refractivity contribution in [1.82, 2.24) is 0 Å². The first-order chi connectivity index (χ1) is 7.17. The Bertz CT molecular complexity index is 311. The SMILES string of the molecule is CC(C)C(O)C1(c2ccccc2)CCC1. The van der Waals surface area contributed by atoms with Crippen LogP contribution in [0.25, 0.3) is 0 Å². The molecule has 0 spiro atoms. The molecule has 1 aliphatic rings. The predicted molar refractivity (Wildman–Crippen MR) is 62.8 cm³/mol. The van der Waals surface area contributed by atoms with Crippen molar-refractivity contribution in [2.75, 3.05) is 0 Å². The topological polar surface area (TPSA) is 20.2 Å². The van der Waals surface area contributed by atoms with Crippen molar-refractivity contribution in [3.8, 4) is 0 Å². The fourth-order valence-electron chi connectivity index (χ4n) is 2.72. The van der Waals surface area contributed by atoms with E-state index in [4.69, 9.17) is 0 Å². The van der Waals surface area contributed by atoms with Crippen LogP contribution in [-0.4, -0.2) is 11.2 Å². The highest BCUT2D eigenvalue weighted by molar-refractivity contribution is 5.29. The zero-order valence-corrected chi connectivity index (χ0v) is 9.61. The summed E-state index contributed by atoms with van der Waals surface area (Å²) in [6, 6.07) is 10.5. The van der Waals surface area contributed by atoms with E-state index in [2.05, 4.69) is 38.1 Å². The van der Waals surface area contributed by atoms with Crippen molar-refractivity contribution >= 4 is 0 Å². The van der Waals surface area contributed by atoms with Crippen molar-refractivity contribution in [2.45, 2.75) is 44.6 Å². The van der Waals surface area contributed by atoms with E-state index < -0.39 is 0 Å². The third kappa shape index (κ3) is 1.69. The van der Waals surface area contributed by atoms with E-state index in [9.17, 15) is 5.11 Å².